The van der Waals surface area contributed by atoms with Crippen molar-refractivity contribution in [2.24, 2.45) is 0 Å². The van der Waals surface area contributed by atoms with Gasteiger partial charge in [-0.3, -0.25) is 0 Å². The van der Waals surface area contributed by atoms with Crippen LogP contribution in [0, 0.1) is 0 Å². The minimum Gasteiger partial charge on any atom is -0.508 e. The molecule has 1 atom stereocenters. The lowest BCUT2D eigenvalue weighted by Crippen LogP contribution is -2.09. The van der Waals surface area contributed by atoms with E-state index in [1.54, 1.807) is 0 Å². The van der Waals surface area contributed by atoms with Gasteiger partial charge in [0.25, 0.3) is 0 Å². The van der Waals surface area contributed by atoms with Crippen LogP contribution in [0.3, 0.4) is 0 Å². The van der Waals surface area contributed by atoms with E-state index in [2.05, 4.69) is 0 Å². The molecule has 1 unspecified atom stereocenters. The Balaban J connectivity index is 3.38. The summed E-state index contributed by atoms with van der Waals surface area (Å²) in [5.41, 5.74) is -1.31. The zero-order valence-corrected chi connectivity index (χ0v) is 7.39. The molecule has 0 aliphatic carbocycles. The van der Waals surface area contributed by atoms with Gasteiger partial charge in [0.15, 0.2) is 11.1 Å². The van der Waals surface area contributed by atoms with E-state index in [9.17, 15) is 17.4 Å². The number of hydrogen-bond acceptors (Lipinski definition) is 2. The number of alkyl halides is 3. The first-order valence-corrected chi connectivity index (χ1v) is 4.44. The SMILES string of the molecule is O=S(O)c1ccc(O)cc1C(F)(F)F. The number of benzene rings is 1. The Morgan fingerprint density at radius 2 is 1.86 bits per heavy atom. The Bertz CT molecular complexity index is 375. The zero-order valence-electron chi connectivity index (χ0n) is 6.58. The summed E-state index contributed by atoms with van der Waals surface area (Å²) in [5.74, 6) is -0.605. The lowest BCUT2D eigenvalue weighted by Gasteiger charge is -2.10. The van der Waals surface area contributed by atoms with Crippen LogP contribution < -0.4 is 0 Å². The Hall–Kier alpha value is -1.08. The summed E-state index contributed by atoms with van der Waals surface area (Å²) in [4.78, 5) is -0.768. The fourth-order valence-corrected chi connectivity index (χ4v) is 1.44. The molecule has 1 aromatic carbocycles. The Labute approximate surface area is 79.5 Å². The van der Waals surface area contributed by atoms with E-state index in [1.807, 2.05) is 0 Å². The van der Waals surface area contributed by atoms with Crippen molar-refractivity contribution in [3.63, 3.8) is 0 Å². The molecular weight excluding hydrogens is 221 g/mol. The average molecular weight is 226 g/mol. The molecule has 0 radical (unpaired) electrons. The highest BCUT2D eigenvalue weighted by Gasteiger charge is 2.35. The smallest absolute Gasteiger partial charge is 0.417 e. The van der Waals surface area contributed by atoms with Crippen LogP contribution in [-0.2, 0) is 17.3 Å². The van der Waals surface area contributed by atoms with Crippen LogP contribution in [0.2, 0.25) is 0 Å². The maximum Gasteiger partial charge on any atom is 0.417 e. The van der Waals surface area contributed by atoms with E-state index < -0.39 is 33.5 Å². The second-order valence-corrected chi connectivity index (χ2v) is 3.37. The molecule has 0 amide bonds. The summed E-state index contributed by atoms with van der Waals surface area (Å²) < 4.78 is 55.8. The third-order valence-electron chi connectivity index (χ3n) is 1.46. The molecule has 0 saturated heterocycles. The van der Waals surface area contributed by atoms with Gasteiger partial charge in [0.1, 0.15) is 5.75 Å². The molecule has 78 valence electrons. The molecule has 0 fully saturated rings. The Kier molecular flexibility index (Phi) is 2.81. The van der Waals surface area contributed by atoms with Gasteiger partial charge in [-0.15, -0.1) is 0 Å². The van der Waals surface area contributed by atoms with Crippen molar-refractivity contribution in [3.8, 4) is 5.75 Å². The van der Waals surface area contributed by atoms with Crippen LogP contribution in [0.15, 0.2) is 23.1 Å². The second-order valence-electron chi connectivity index (χ2n) is 2.43. The maximum absolute atomic E-state index is 12.2. The lowest BCUT2D eigenvalue weighted by molar-refractivity contribution is -0.140. The molecule has 3 nitrogen and oxygen atoms in total. The van der Waals surface area contributed by atoms with Gasteiger partial charge < -0.3 is 9.66 Å². The number of aromatic hydroxyl groups is 1. The van der Waals surface area contributed by atoms with Crippen LogP contribution in [0.1, 0.15) is 5.56 Å². The standard InChI is InChI=1S/C7H5F3O3S/c8-7(9,10)5-3-4(11)1-2-6(5)14(12)13/h1-3,11H,(H,12,13). The van der Waals surface area contributed by atoms with Crippen LogP contribution in [0.5, 0.6) is 5.75 Å². The fraction of sp³-hybridized carbons (Fsp3) is 0.143. The lowest BCUT2D eigenvalue weighted by atomic mass is 10.2. The van der Waals surface area contributed by atoms with Gasteiger partial charge in [0.2, 0.25) is 0 Å². The molecule has 0 aromatic heterocycles. The fourth-order valence-electron chi connectivity index (χ4n) is 0.892. The Morgan fingerprint density at radius 3 is 2.29 bits per heavy atom. The molecule has 0 bridgehead atoms. The van der Waals surface area contributed by atoms with E-state index in [0.29, 0.717) is 6.07 Å². The normalized spacial score (nSPS) is 14.0. The van der Waals surface area contributed by atoms with Crippen molar-refractivity contribution in [2.45, 2.75) is 11.1 Å². The van der Waals surface area contributed by atoms with Crippen molar-refractivity contribution in [1.82, 2.24) is 0 Å². The molecule has 0 heterocycles. The summed E-state index contributed by atoms with van der Waals surface area (Å²) in [6.45, 7) is 0. The average Bonchev–Trinajstić information content (AvgIpc) is 2.01. The molecule has 0 aliphatic heterocycles. The van der Waals surface area contributed by atoms with Gasteiger partial charge in [-0.05, 0) is 18.2 Å². The highest BCUT2D eigenvalue weighted by molar-refractivity contribution is 7.79. The number of hydrogen-bond donors (Lipinski definition) is 2. The number of halogens is 3. The molecule has 1 rings (SSSR count). The van der Waals surface area contributed by atoms with Gasteiger partial charge in [-0.1, -0.05) is 0 Å². The number of phenols is 1. The third-order valence-corrected chi connectivity index (χ3v) is 2.19. The van der Waals surface area contributed by atoms with Crippen molar-refractivity contribution >= 4 is 11.1 Å². The van der Waals surface area contributed by atoms with Crippen LogP contribution in [0.4, 0.5) is 13.2 Å². The summed E-state index contributed by atoms with van der Waals surface area (Å²) in [7, 11) is 0. The monoisotopic (exact) mass is 226 g/mol. The molecule has 0 saturated carbocycles. The predicted molar refractivity (Wildman–Crippen MR) is 42.1 cm³/mol. The summed E-state index contributed by atoms with van der Waals surface area (Å²) in [6.07, 6.45) is -4.76. The quantitative estimate of drug-likeness (QED) is 0.720. The van der Waals surface area contributed by atoms with Gasteiger partial charge in [-0.25, -0.2) is 4.21 Å². The third kappa shape index (κ3) is 2.24. The summed E-state index contributed by atoms with van der Waals surface area (Å²) in [6, 6.07) is 2.08. The molecule has 7 heteroatoms. The van der Waals surface area contributed by atoms with E-state index >= 15 is 0 Å². The predicted octanol–water partition coefficient (Wildman–Crippen LogP) is 1.99. The maximum atomic E-state index is 12.2. The van der Waals surface area contributed by atoms with Crippen LogP contribution >= 0.6 is 0 Å². The van der Waals surface area contributed by atoms with E-state index in [-0.39, 0.29) is 0 Å². The van der Waals surface area contributed by atoms with E-state index in [0.717, 1.165) is 12.1 Å². The van der Waals surface area contributed by atoms with Crippen molar-refractivity contribution < 1.29 is 27.0 Å². The summed E-state index contributed by atoms with van der Waals surface area (Å²) >= 11 is -2.73. The van der Waals surface area contributed by atoms with E-state index in [1.165, 1.54) is 0 Å². The van der Waals surface area contributed by atoms with Crippen LogP contribution in [0.25, 0.3) is 0 Å². The summed E-state index contributed by atoms with van der Waals surface area (Å²) in [5, 5.41) is 8.80. The van der Waals surface area contributed by atoms with Gasteiger partial charge in [0.05, 0.1) is 10.5 Å². The van der Waals surface area contributed by atoms with Crippen molar-refractivity contribution in [3.05, 3.63) is 23.8 Å². The first-order chi connectivity index (χ1) is 6.32. The second kappa shape index (κ2) is 3.58. The number of rotatable bonds is 1. The minimum atomic E-state index is -4.76. The topological polar surface area (TPSA) is 57.5 Å². The minimum absolute atomic E-state index is 0.406. The van der Waals surface area contributed by atoms with E-state index in [4.69, 9.17) is 9.66 Å². The van der Waals surface area contributed by atoms with Crippen molar-refractivity contribution in [2.75, 3.05) is 0 Å². The molecule has 0 spiro atoms. The first-order valence-electron chi connectivity index (χ1n) is 3.33. The molecule has 0 aliphatic rings. The highest BCUT2D eigenvalue weighted by Crippen LogP contribution is 2.35. The van der Waals surface area contributed by atoms with Gasteiger partial charge in [0, 0.05) is 0 Å². The Morgan fingerprint density at radius 1 is 1.29 bits per heavy atom. The highest BCUT2D eigenvalue weighted by atomic mass is 32.2. The number of phenolic OH excluding ortho intramolecular Hbond substituents is 1. The first kappa shape index (κ1) is 11.0. The van der Waals surface area contributed by atoms with Crippen molar-refractivity contribution in [1.29, 1.82) is 0 Å². The van der Waals surface area contributed by atoms with Gasteiger partial charge in [-0.2, -0.15) is 13.2 Å². The molecule has 1 aromatic rings. The molecule has 14 heavy (non-hydrogen) atoms. The zero-order chi connectivity index (χ0) is 10.9. The molecular formula is C7H5F3O3S. The van der Waals surface area contributed by atoms with Gasteiger partial charge >= 0.3 is 6.18 Å². The largest absolute Gasteiger partial charge is 0.508 e. The molecule has 2 N–H and O–H groups in total. The van der Waals surface area contributed by atoms with Crippen LogP contribution in [-0.4, -0.2) is 13.9 Å².